The summed E-state index contributed by atoms with van der Waals surface area (Å²) in [6.07, 6.45) is 5.84. The second kappa shape index (κ2) is 6.79. The molecule has 5 nitrogen and oxygen atoms in total. The van der Waals surface area contributed by atoms with E-state index in [4.69, 9.17) is 4.74 Å². The van der Waals surface area contributed by atoms with Crippen LogP contribution < -0.4 is 5.32 Å². The Morgan fingerprint density at radius 3 is 2.87 bits per heavy atom. The van der Waals surface area contributed by atoms with Crippen LogP contribution in [0, 0.1) is 0 Å². The fraction of sp³-hybridized carbons (Fsp3) is 0.333. The second-order valence-electron chi connectivity index (χ2n) is 5.91. The number of benzene rings is 1. The Kier molecular flexibility index (Phi) is 4.57. The van der Waals surface area contributed by atoms with Crippen molar-refractivity contribution in [3.05, 3.63) is 60.2 Å². The van der Waals surface area contributed by atoms with Gasteiger partial charge >= 0.3 is 0 Å². The van der Waals surface area contributed by atoms with Crippen LogP contribution >= 0.6 is 0 Å². The van der Waals surface area contributed by atoms with E-state index in [-0.39, 0.29) is 18.1 Å². The minimum absolute atomic E-state index is 0.0667. The average molecular weight is 311 g/mol. The third-order valence-corrected chi connectivity index (χ3v) is 3.80. The van der Waals surface area contributed by atoms with Crippen molar-refractivity contribution >= 4 is 5.91 Å². The van der Waals surface area contributed by atoms with Crippen LogP contribution in [0.3, 0.4) is 0 Å². The molecule has 1 amide bonds. The number of imidazole rings is 1. The number of nitrogens with zero attached hydrogens (tertiary/aromatic N) is 2. The van der Waals surface area contributed by atoms with Gasteiger partial charge in [-0.05, 0) is 32.4 Å². The molecular weight excluding hydrogens is 290 g/mol. The third kappa shape index (κ3) is 3.51. The summed E-state index contributed by atoms with van der Waals surface area (Å²) in [4.78, 5) is 16.5. The van der Waals surface area contributed by atoms with E-state index in [2.05, 4.69) is 10.3 Å². The van der Waals surface area contributed by atoms with Crippen LogP contribution in [0.2, 0.25) is 0 Å². The molecule has 0 unspecified atom stereocenters. The maximum atomic E-state index is 12.0. The van der Waals surface area contributed by atoms with Gasteiger partial charge in [-0.1, -0.05) is 23.8 Å². The predicted octanol–water partition coefficient (Wildman–Crippen LogP) is 2.78. The van der Waals surface area contributed by atoms with E-state index in [0.29, 0.717) is 6.61 Å². The molecule has 0 bridgehead atoms. The molecule has 23 heavy (non-hydrogen) atoms. The van der Waals surface area contributed by atoms with E-state index >= 15 is 0 Å². The molecule has 1 fully saturated rings. The number of rotatable bonds is 4. The topological polar surface area (TPSA) is 56.1 Å². The lowest BCUT2D eigenvalue weighted by Crippen LogP contribution is -2.36. The molecule has 2 aromatic rings. The molecule has 1 aromatic carbocycles. The molecule has 0 saturated carbocycles. The molecule has 2 heterocycles. The zero-order valence-electron chi connectivity index (χ0n) is 13.4. The number of aromatic nitrogens is 2. The fourth-order valence-corrected chi connectivity index (χ4v) is 2.81. The Morgan fingerprint density at radius 1 is 1.35 bits per heavy atom. The molecule has 1 N–H and O–H groups in total. The minimum atomic E-state index is -0.236. The normalized spacial score (nSPS) is 20.3. The van der Waals surface area contributed by atoms with Crippen molar-refractivity contribution in [2.75, 3.05) is 6.61 Å². The Morgan fingerprint density at radius 2 is 2.13 bits per heavy atom. The molecule has 0 aliphatic carbocycles. The quantitative estimate of drug-likeness (QED) is 0.883. The smallest absolute Gasteiger partial charge is 0.244 e. The van der Waals surface area contributed by atoms with Crippen LogP contribution in [0.5, 0.6) is 0 Å². The highest BCUT2D eigenvalue weighted by molar-refractivity contribution is 5.88. The maximum Gasteiger partial charge on any atom is 0.244 e. The summed E-state index contributed by atoms with van der Waals surface area (Å²) in [6.45, 7) is 4.43. The van der Waals surface area contributed by atoms with Gasteiger partial charge in [0, 0.05) is 30.8 Å². The van der Waals surface area contributed by atoms with Crippen LogP contribution in [0.25, 0.3) is 5.69 Å². The number of para-hydroxylation sites is 1. The van der Waals surface area contributed by atoms with Gasteiger partial charge in [-0.2, -0.15) is 0 Å². The summed E-state index contributed by atoms with van der Waals surface area (Å²) in [5, 5.41) is 3.03. The first-order valence-corrected chi connectivity index (χ1v) is 7.81. The number of allylic oxidation sites excluding steroid dienone is 1. The van der Waals surface area contributed by atoms with Crippen molar-refractivity contribution in [1.82, 2.24) is 14.9 Å². The van der Waals surface area contributed by atoms with E-state index in [1.807, 2.05) is 54.9 Å². The molecule has 1 saturated heterocycles. The van der Waals surface area contributed by atoms with Crippen molar-refractivity contribution in [3.8, 4) is 5.69 Å². The van der Waals surface area contributed by atoms with Gasteiger partial charge in [-0.15, -0.1) is 0 Å². The highest BCUT2D eigenvalue weighted by Crippen LogP contribution is 2.29. The molecule has 1 aromatic heterocycles. The molecule has 0 radical (unpaired) electrons. The Hall–Kier alpha value is -2.40. The average Bonchev–Trinajstić information content (AvgIpc) is 3.15. The first-order valence-electron chi connectivity index (χ1n) is 7.81. The van der Waals surface area contributed by atoms with Gasteiger partial charge < -0.3 is 14.6 Å². The number of carbonyl (C=O) groups is 1. The Balaban J connectivity index is 1.83. The van der Waals surface area contributed by atoms with Crippen LogP contribution in [0.1, 0.15) is 32.2 Å². The highest BCUT2D eigenvalue weighted by atomic mass is 16.5. The van der Waals surface area contributed by atoms with Crippen molar-refractivity contribution in [3.63, 3.8) is 0 Å². The summed E-state index contributed by atoms with van der Waals surface area (Å²) in [6, 6.07) is 9.94. The van der Waals surface area contributed by atoms with Crippen LogP contribution in [-0.4, -0.2) is 28.1 Å². The lowest BCUT2D eigenvalue weighted by atomic mass is 10.1. The largest absolute Gasteiger partial charge is 0.368 e. The van der Waals surface area contributed by atoms with E-state index in [1.165, 1.54) is 0 Å². The van der Waals surface area contributed by atoms with Gasteiger partial charge in [-0.25, -0.2) is 4.98 Å². The van der Waals surface area contributed by atoms with Crippen LogP contribution in [0.4, 0.5) is 0 Å². The summed E-state index contributed by atoms with van der Waals surface area (Å²) in [5.41, 5.74) is 2.01. The second-order valence-corrected chi connectivity index (χ2v) is 5.91. The zero-order chi connectivity index (χ0) is 16.2. The standard InChI is InChI=1S/C18H21N3O2/c1-13(2)12-16(22)20-15-8-11-23-17(15)18-19-9-10-21(18)14-6-4-3-5-7-14/h3-7,9-10,12,15,17H,8,11H2,1-2H3,(H,20,22)/t15-,17-/m0/s1. The van der Waals surface area contributed by atoms with Gasteiger partial charge in [-0.3, -0.25) is 4.79 Å². The predicted molar refractivity (Wildman–Crippen MR) is 88.2 cm³/mol. The zero-order valence-corrected chi connectivity index (χ0v) is 13.4. The van der Waals surface area contributed by atoms with Gasteiger partial charge in [0.05, 0.1) is 6.04 Å². The molecule has 1 aliphatic rings. The van der Waals surface area contributed by atoms with Gasteiger partial charge in [0.25, 0.3) is 0 Å². The Bertz CT molecular complexity index is 702. The van der Waals surface area contributed by atoms with E-state index in [9.17, 15) is 4.79 Å². The lowest BCUT2D eigenvalue weighted by molar-refractivity contribution is -0.117. The van der Waals surface area contributed by atoms with Crippen LogP contribution in [-0.2, 0) is 9.53 Å². The molecule has 0 spiro atoms. The first kappa shape index (κ1) is 15.5. The molecule has 2 atom stereocenters. The monoisotopic (exact) mass is 311 g/mol. The first-order chi connectivity index (χ1) is 11.1. The molecule has 1 aliphatic heterocycles. The molecule has 120 valence electrons. The van der Waals surface area contributed by atoms with Gasteiger partial charge in [0.15, 0.2) is 0 Å². The Labute approximate surface area is 136 Å². The fourth-order valence-electron chi connectivity index (χ4n) is 2.81. The molecular formula is C18H21N3O2. The SMILES string of the molecule is CC(C)=CC(=O)N[C@H]1CCO[C@@H]1c1nccn1-c1ccccc1. The lowest BCUT2D eigenvalue weighted by Gasteiger charge is -2.20. The number of ether oxygens (including phenoxy) is 1. The van der Waals surface area contributed by atoms with Crippen molar-refractivity contribution in [2.45, 2.75) is 32.4 Å². The highest BCUT2D eigenvalue weighted by Gasteiger charge is 2.33. The van der Waals surface area contributed by atoms with Gasteiger partial charge in [0.2, 0.25) is 5.91 Å². The van der Waals surface area contributed by atoms with Crippen LogP contribution in [0.15, 0.2) is 54.4 Å². The van der Waals surface area contributed by atoms with Crippen molar-refractivity contribution in [2.24, 2.45) is 0 Å². The van der Waals surface area contributed by atoms with E-state index in [1.54, 1.807) is 12.3 Å². The maximum absolute atomic E-state index is 12.0. The minimum Gasteiger partial charge on any atom is -0.368 e. The third-order valence-electron chi connectivity index (χ3n) is 3.80. The van der Waals surface area contributed by atoms with Gasteiger partial charge in [0.1, 0.15) is 11.9 Å². The summed E-state index contributed by atoms with van der Waals surface area (Å²) in [5.74, 6) is 0.736. The number of amides is 1. The molecule has 5 heteroatoms. The van der Waals surface area contributed by atoms with E-state index in [0.717, 1.165) is 23.5 Å². The van der Waals surface area contributed by atoms with Crippen molar-refractivity contribution in [1.29, 1.82) is 0 Å². The number of hydrogen-bond donors (Lipinski definition) is 1. The van der Waals surface area contributed by atoms with Crippen molar-refractivity contribution < 1.29 is 9.53 Å². The number of hydrogen-bond acceptors (Lipinski definition) is 3. The number of nitrogens with one attached hydrogen (secondary N) is 1. The molecule has 3 rings (SSSR count). The summed E-state index contributed by atoms with van der Waals surface area (Å²) < 4.78 is 7.87. The number of carbonyl (C=O) groups excluding carboxylic acids is 1. The van der Waals surface area contributed by atoms with E-state index < -0.39 is 0 Å². The summed E-state index contributed by atoms with van der Waals surface area (Å²) in [7, 11) is 0. The summed E-state index contributed by atoms with van der Waals surface area (Å²) >= 11 is 0.